The Labute approximate surface area is 129 Å². The highest BCUT2D eigenvalue weighted by molar-refractivity contribution is 8.00. The van der Waals surface area contributed by atoms with Crippen molar-refractivity contribution in [3.8, 4) is 0 Å². The van der Waals surface area contributed by atoms with Gasteiger partial charge in [-0.25, -0.2) is 0 Å². The average molecular weight is 294 g/mol. The van der Waals surface area contributed by atoms with Crippen LogP contribution < -0.4 is 5.32 Å². The van der Waals surface area contributed by atoms with E-state index in [9.17, 15) is 0 Å². The Bertz CT molecular complexity index is 395. The smallest absolute Gasteiger partial charge is 0.0195 e. The molecule has 0 fully saturated rings. The molecule has 0 aliphatic heterocycles. The lowest BCUT2D eigenvalue weighted by atomic mass is 9.86. The van der Waals surface area contributed by atoms with Gasteiger partial charge >= 0.3 is 0 Å². The summed E-state index contributed by atoms with van der Waals surface area (Å²) >= 11 is 2.03. The van der Waals surface area contributed by atoms with E-state index in [0.717, 1.165) is 12.2 Å². The molecule has 1 aromatic rings. The summed E-state index contributed by atoms with van der Waals surface area (Å²) in [5, 5.41) is 3.45. The molecule has 0 aliphatic carbocycles. The van der Waals surface area contributed by atoms with Crippen molar-refractivity contribution in [2.75, 3.05) is 12.8 Å². The summed E-state index contributed by atoms with van der Waals surface area (Å²) in [7, 11) is 2.07. The van der Waals surface area contributed by atoms with Gasteiger partial charge in [0, 0.05) is 16.5 Å². The predicted molar refractivity (Wildman–Crippen MR) is 93.9 cm³/mol. The van der Waals surface area contributed by atoms with Gasteiger partial charge in [0.15, 0.2) is 0 Å². The maximum absolute atomic E-state index is 3.45. The number of benzene rings is 1. The van der Waals surface area contributed by atoms with E-state index >= 15 is 0 Å². The Hall–Kier alpha value is -0.470. The molecule has 1 nitrogen and oxygen atoms in total. The molecule has 0 saturated heterocycles. The molecular formula is C18H31NS. The minimum absolute atomic E-state index is 0.239. The Balaban J connectivity index is 2.62. The zero-order chi connectivity index (χ0) is 15.4. The van der Waals surface area contributed by atoms with Crippen LogP contribution in [0.15, 0.2) is 24.3 Å². The quantitative estimate of drug-likeness (QED) is 0.848. The van der Waals surface area contributed by atoms with Crippen LogP contribution in [0.3, 0.4) is 0 Å². The lowest BCUT2D eigenvalue weighted by Gasteiger charge is -2.23. The molecule has 1 unspecified atom stereocenters. The first-order valence-corrected chi connectivity index (χ1v) is 8.51. The highest BCUT2D eigenvalue weighted by Crippen LogP contribution is 2.25. The van der Waals surface area contributed by atoms with Gasteiger partial charge in [0.25, 0.3) is 0 Å². The van der Waals surface area contributed by atoms with E-state index in [1.807, 2.05) is 11.8 Å². The fourth-order valence-corrected chi connectivity index (χ4v) is 3.01. The summed E-state index contributed by atoms with van der Waals surface area (Å²) in [4.78, 5) is 0. The Kier molecular flexibility index (Phi) is 6.15. The number of hydrogen-bond donors (Lipinski definition) is 1. The fraction of sp³-hybridized carbons (Fsp3) is 0.667. The maximum Gasteiger partial charge on any atom is 0.0195 e. The molecule has 0 aromatic heterocycles. The summed E-state index contributed by atoms with van der Waals surface area (Å²) in [5.74, 6) is 1.15. The van der Waals surface area contributed by atoms with Crippen molar-refractivity contribution >= 4 is 11.8 Å². The van der Waals surface area contributed by atoms with Gasteiger partial charge in [0.05, 0.1) is 0 Å². The Morgan fingerprint density at radius 3 is 1.95 bits per heavy atom. The molecule has 2 heteroatoms. The van der Waals surface area contributed by atoms with Crippen molar-refractivity contribution in [2.24, 2.45) is 0 Å². The van der Waals surface area contributed by atoms with Crippen LogP contribution in [-0.4, -0.2) is 23.6 Å². The second kappa shape index (κ2) is 7.00. The van der Waals surface area contributed by atoms with Gasteiger partial charge in [0.1, 0.15) is 0 Å². The lowest BCUT2D eigenvalue weighted by molar-refractivity contribution is 0.588. The van der Waals surface area contributed by atoms with Crippen molar-refractivity contribution in [1.82, 2.24) is 5.32 Å². The lowest BCUT2D eigenvalue weighted by Crippen LogP contribution is -2.31. The van der Waals surface area contributed by atoms with Crippen LogP contribution in [0.1, 0.15) is 52.7 Å². The van der Waals surface area contributed by atoms with Gasteiger partial charge in [-0.2, -0.15) is 11.8 Å². The Morgan fingerprint density at radius 1 is 1.00 bits per heavy atom. The molecule has 1 atom stereocenters. The molecule has 0 heterocycles. The highest BCUT2D eigenvalue weighted by atomic mass is 32.2. The number of rotatable bonds is 5. The van der Waals surface area contributed by atoms with Gasteiger partial charge in [-0.3, -0.25) is 0 Å². The third-order valence-corrected chi connectivity index (χ3v) is 4.86. The van der Waals surface area contributed by atoms with Crippen LogP contribution >= 0.6 is 11.8 Å². The van der Waals surface area contributed by atoms with Crippen LogP contribution in [0.4, 0.5) is 0 Å². The van der Waals surface area contributed by atoms with Gasteiger partial charge in [-0.05, 0) is 30.0 Å². The van der Waals surface area contributed by atoms with Crippen LogP contribution in [0.2, 0.25) is 0 Å². The maximum atomic E-state index is 3.45. The van der Waals surface area contributed by atoms with Gasteiger partial charge in [0.2, 0.25) is 0 Å². The number of thioether (sulfide) groups is 1. The van der Waals surface area contributed by atoms with Crippen LogP contribution in [0, 0.1) is 0 Å². The van der Waals surface area contributed by atoms with Crippen molar-refractivity contribution < 1.29 is 0 Å². The molecule has 0 bridgehead atoms. The van der Waals surface area contributed by atoms with Crippen molar-refractivity contribution in [3.05, 3.63) is 35.4 Å². The first-order chi connectivity index (χ1) is 9.12. The summed E-state index contributed by atoms with van der Waals surface area (Å²) in [6.45, 7) is 13.6. The van der Waals surface area contributed by atoms with Crippen LogP contribution in [0.5, 0.6) is 0 Å². The zero-order valence-corrected chi connectivity index (χ0v) is 15.0. The van der Waals surface area contributed by atoms with E-state index in [0.29, 0.717) is 10.8 Å². The fourth-order valence-electron chi connectivity index (χ4n) is 2.02. The molecule has 1 rings (SSSR count). The largest absolute Gasteiger partial charge is 0.316 e. The van der Waals surface area contributed by atoms with Crippen LogP contribution in [0.25, 0.3) is 0 Å². The molecule has 0 aliphatic rings. The molecular weight excluding hydrogens is 262 g/mol. The average Bonchev–Trinajstić information content (AvgIpc) is 2.33. The van der Waals surface area contributed by atoms with Gasteiger partial charge in [-0.15, -0.1) is 0 Å². The van der Waals surface area contributed by atoms with E-state index in [1.165, 1.54) is 11.1 Å². The second-order valence-electron chi connectivity index (χ2n) is 7.56. The normalized spacial score (nSPS) is 14.3. The van der Waals surface area contributed by atoms with Gasteiger partial charge in [-0.1, -0.05) is 65.8 Å². The molecule has 114 valence electrons. The number of hydrogen-bond acceptors (Lipinski definition) is 2. The first kappa shape index (κ1) is 17.6. The molecule has 1 N–H and O–H groups in total. The van der Waals surface area contributed by atoms with Crippen molar-refractivity contribution in [2.45, 2.75) is 64.2 Å². The molecule has 20 heavy (non-hydrogen) atoms. The molecule has 0 spiro atoms. The SMILES string of the molecule is CNC(CSC(C)(C)C)Cc1ccc(C(C)(C)C)cc1. The van der Waals surface area contributed by atoms with Crippen LogP contribution in [-0.2, 0) is 11.8 Å². The second-order valence-corrected chi connectivity index (χ2v) is 9.41. The van der Waals surface area contributed by atoms with E-state index in [2.05, 4.69) is 78.2 Å². The topological polar surface area (TPSA) is 12.0 Å². The molecule has 0 radical (unpaired) electrons. The summed E-state index contributed by atoms with van der Waals surface area (Å²) in [5.41, 5.74) is 3.07. The molecule has 0 amide bonds. The minimum Gasteiger partial charge on any atom is -0.316 e. The van der Waals surface area contributed by atoms with E-state index < -0.39 is 0 Å². The van der Waals surface area contributed by atoms with E-state index in [-0.39, 0.29) is 5.41 Å². The van der Waals surface area contributed by atoms with Crippen molar-refractivity contribution in [1.29, 1.82) is 0 Å². The summed E-state index contributed by atoms with van der Waals surface area (Å²) in [6, 6.07) is 9.66. The highest BCUT2D eigenvalue weighted by Gasteiger charge is 2.16. The summed E-state index contributed by atoms with van der Waals surface area (Å²) in [6.07, 6.45) is 1.10. The van der Waals surface area contributed by atoms with E-state index in [4.69, 9.17) is 0 Å². The predicted octanol–water partition coefficient (Wildman–Crippen LogP) is 4.65. The zero-order valence-electron chi connectivity index (χ0n) is 14.2. The summed E-state index contributed by atoms with van der Waals surface area (Å²) < 4.78 is 0.338. The minimum atomic E-state index is 0.239. The number of nitrogens with one attached hydrogen (secondary N) is 1. The van der Waals surface area contributed by atoms with Gasteiger partial charge < -0.3 is 5.32 Å². The van der Waals surface area contributed by atoms with E-state index in [1.54, 1.807) is 0 Å². The first-order valence-electron chi connectivity index (χ1n) is 7.52. The molecule has 0 saturated carbocycles. The van der Waals surface area contributed by atoms with Crippen molar-refractivity contribution in [3.63, 3.8) is 0 Å². The standard InChI is InChI=1S/C18H31NS/c1-17(2,3)15-10-8-14(9-11-15)12-16(19-7)13-20-18(4,5)6/h8-11,16,19H,12-13H2,1-7H3. The monoisotopic (exact) mass is 293 g/mol. The Morgan fingerprint density at radius 2 is 1.55 bits per heavy atom. The molecule has 1 aromatic carbocycles. The third kappa shape index (κ3) is 6.32. The third-order valence-electron chi connectivity index (χ3n) is 3.43. The number of likely N-dealkylation sites (N-methyl/N-ethyl adjacent to an activating group) is 1.